The second-order valence-electron chi connectivity index (χ2n) is 5.69. The maximum absolute atomic E-state index is 12.1. The van der Waals surface area contributed by atoms with E-state index in [0.717, 1.165) is 22.1 Å². The fourth-order valence-corrected chi connectivity index (χ4v) is 3.04. The molecule has 3 rings (SSSR count). The van der Waals surface area contributed by atoms with Crippen LogP contribution < -0.4 is 9.84 Å². The highest BCUT2D eigenvalue weighted by atomic mass is 16.5. The van der Waals surface area contributed by atoms with Crippen LogP contribution in [0.3, 0.4) is 0 Å². The lowest BCUT2D eigenvalue weighted by Gasteiger charge is -2.21. The van der Waals surface area contributed by atoms with Gasteiger partial charge in [-0.15, -0.1) is 0 Å². The third-order valence-electron chi connectivity index (χ3n) is 4.19. The van der Waals surface area contributed by atoms with Gasteiger partial charge in [-0.05, 0) is 23.8 Å². The Kier molecular flexibility index (Phi) is 4.19. The van der Waals surface area contributed by atoms with Gasteiger partial charge in [0, 0.05) is 37.0 Å². The summed E-state index contributed by atoms with van der Waals surface area (Å²) >= 11 is 0. The van der Waals surface area contributed by atoms with Crippen LogP contribution in [-0.4, -0.2) is 29.9 Å². The van der Waals surface area contributed by atoms with Gasteiger partial charge < -0.3 is 19.5 Å². The van der Waals surface area contributed by atoms with E-state index in [4.69, 9.17) is 4.74 Å². The van der Waals surface area contributed by atoms with Crippen LogP contribution in [0.2, 0.25) is 0 Å². The number of ether oxygens (including phenoxy) is 1. The van der Waals surface area contributed by atoms with Gasteiger partial charge in [0.15, 0.2) is 0 Å². The van der Waals surface area contributed by atoms with E-state index < -0.39 is 11.9 Å². The average molecular weight is 312 g/mol. The molecular weight excluding hydrogens is 294 g/mol. The molecule has 1 heterocycles. The number of carbonyl (C=O) groups excluding carboxylic acids is 2. The number of carbonyl (C=O) groups is 2. The second-order valence-corrected chi connectivity index (χ2v) is 5.69. The second kappa shape index (κ2) is 6.28. The number of fused-ring (bicyclic) bond motifs is 1. The molecule has 0 bridgehead atoms. The molecule has 2 aromatic rings. The fourth-order valence-electron chi connectivity index (χ4n) is 3.04. The molecule has 1 aliphatic heterocycles. The van der Waals surface area contributed by atoms with Crippen molar-refractivity contribution < 1.29 is 19.4 Å². The zero-order chi connectivity index (χ0) is 16.4. The first kappa shape index (κ1) is 15.3. The third kappa shape index (κ3) is 2.99. The molecule has 0 radical (unpaired) electrons. The van der Waals surface area contributed by atoms with Crippen molar-refractivity contribution >= 4 is 22.6 Å². The van der Waals surface area contributed by atoms with Crippen molar-refractivity contribution in [3.05, 3.63) is 42.0 Å². The van der Waals surface area contributed by atoms with E-state index in [0.29, 0.717) is 13.2 Å². The minimum atomic E-state index is -1.16. The molecule has 5 heteroatoms. The Balaban J connectivity index is 1.96. The third-order valence-corrected chi connectivity index (χ3v) is 4.19. The highest BCUT2D eigenvalue weighted by Crippen LogP contribution is 2.31. The molecule has 1 saturated heterocycles. The predicted octanol–water partition coefficient (Wildman–Crippen LogP) is 1.34. The Morgan fingerprint density at radius 2 is 2.09 bits per heavy atom. The lowest BCUT2D eigenvalue weighted by atomic mass is 10.0. The van der Waals surface area contributed by atoms with Gasteiger partial charge in [-0.2, -0.15) is 0 Å². The lowest BCUT2D eigenvalue weighted by Crippen LogP contribution is -2.33. The van der Waals surface area contributed by atoms with Gasteiger partial charge in [-0.25, -0.2) is 0 Å². The van der Waals surface area contributed by atoms with Gasteiger partial charge in [0.2, 0.25) is 5.91 Å². The normalized spacial score (nSPS) is 17.7. The van der Waals surface area contributed by atoms with Crippen LogP contribution in [0.15, 0.2) is 36.4 Å². The van der Waals surface area contributed by atoms with Crippen LogP contribution in [0, 0.1) is 5.92 Å². The first-order chi connectivity index (χ1) is 11.1. The summed E-state index contributed by atoms with van der Waals surface area (Å²) in [7, 11) is 0. The molecular formula is C18H18NO4-. The molecule has 1 atom stereocenters. The number of aliphatic carboxylic acids is 1. The first-order valence-corrected chi connectivity index (χ1v) is 7.72. The highest BCUT2D eigenvalue weighted by molar-refractivity contribution is 5.89. The Morgan fingerprint density at radius 1 is 1.30 bits per heavy atom. The van der Waals surface area contributed by atoms with Crippen molar-refractivity contribution in [3.63, 3.8) is 0 Å². The van der Waals surface area contributed by atoms with Crippen LogP contribution >= 0.6 is 0 Å². The van der Waals surface area contributed by atoms with Gasteiger partial charge in [0.1, 0.15) is 5.75 Å². The van der Waals surface area contributed by atoms with Gasteiger partial charge in [0.25, 0.3) is 0 Å². The molecule has 1 aliphatic rings. The van der Waals surface area contributed by atoms with Crippen LogP contribution in [0.25, 0.3) is 10.8 Å². The molecule has 1 amide bonds. The maximum atomic E-state index is 12.1. The van der Waals surface area contributed by atoms with Crippen molar-refractivity contribution in [2.75, 3.05) is 13.2 Å². The predicted molar refractivity (Wildman–Crippen MR) is 83.6 cm³/mol. The summed E-state index contributed by atoms with van der Waals surface area (Å²) < 4.78 is 5.70. The molecule has 2 aromatic carbocycles. The van der Waals surface area contributed by atoms with Crippen LogP contribution in [0.1, 0.15) is 18.9 Å². The van der Waals surface area contributed by atoms with Crippen molar-refractivity contribution in [2.24, 2.45) is 5.92 Å². The smallest absolute Gasteiger partial charge is 0.223 e. The molecule has 120 valence electrons. The van der Waals surface area contributed by atoms with Crippen molar-refractivity contribution in [3.8, 4) is 5.75 Å². The Bertz CT molecular complexity index is 756. The van der Waals surface area contributed by atoms with Crippen LogP contribution in [0.5, 0.6) is 5.75 Å². The number of hydrogen-bond donors (Lipinski definition) is 0. The minimum Gasteiger partial charge on any atom is -0.550 e. The number of amides is 1. The van der Waals surface area contributed by atoms with E-state index in [9.17, 15) is 14.7 Å². The van der Waals surface area contributed by atoms with E-state index in [1.165, 1.54) is 0 Å². The summed E-state index contributed by atoms with van der Waals surface area (Å²) in [6.07, 6.45) is 0.0110. The number of rotatable bonds is 5. The van der Waals surface area contributed by atoms with Crippen LogP contribution in [0.4, 0.5) is 0 Å². The number of benzene rings is 2. The summed E-state index contributed by atoms with van der Waals surface area (Å²) in [5.41, 5.74) is 0.914. The summed E-state index contributed by atoms with van der Waals surface area (Å²) in [5.74, 6) is -1.32. The topological polar surface area (TPSA) is 69.7 Å². The summed E-state index contributed by atoms with van der Waals surface area (Å²) in [6, 6.07) is 11.8. The molecule has 1 fully saturated rings. The van der Waals surface area contributed by atoms with Gasteiger partial charge in [-0.1, -0.05) is 30.3 Å². The fraction of sp³-hybridized carbons (Fsp3) is 0.333. The quantitative estimate of drug-likeness (QED) is 0.835. The standard InChI is InChI=1S/C18H19NO4/c1-2-23-16-8-7-12-5-3-4-6-14(12)15(16)11-19-10-13(18(21)22)9-17(19)20/h3-8,13H,2,9-11H2,1H3,(H,21,22)/p-1/t13-/m0/s1. The molecule has 0 N–H and O–H groups in total. The zero-order valence-electron chi connectivity index (χ0n) is 13.0. The molecule has 0 spiro atoms. The Hall–Kier alpha value is -2.56. The van der Waals surface area contributed by atoms with Gasteiger partial charge in [0.05, 0.1) is 6.61 Å². The minimum absolute atomic E-state index is 0.0110. The van der Waals surface area contributed by atoms with Crippen molar-refractivity contribution in [2.45, 2.75) is 19.9 Å². The molecule has 5 nitrogen and oxygen atoms in total. The van der Waals surface area contributed by atoms with Gasteiger partial charge >= 0.3 is 0 Å². The summed E-state index contributed by atoms with van der Waals surface area (Å²) in [5, 5.41) is 13.1. The summed E-state index contributed by atoms with van der Waals surface area (Å²) in [6.45, 7) is 2.97. The molecule has 0 saturated carbocycles. The number of hydrogen-bond acceptors (Lipinski definition) is 4. The van der Waals surface area contributed by atoms with Crippen molar-refractivity contribution in [1.29, 1.82) is 0 Å². The van der Waals surface area contributed by atoms with E-state index in [2.05, 4.69) is 0 Å². The first-order valence-electron chi connectivity index (χ1n) is 7.72. The van der Waals surface area contributed by atoms with E-state index in [1.807, 2.05) is 43.3 Å². The SMILES string of the molecule is CCOc1ccc2ccccc2c1CN1C[C@@H](C(=O)[O-])CC1=O. The van der Waals surface area contributed by atoms with Gasteiger partial charge in [-0.3, -0.25) is 4.79 Å². The number of nitrogens with zero attached hydrogens (tertiary/aromatic N) is 1. The largest absolute Gasteiger partial charge is 0.550 e. The summed E-state index contributed by atoms with van der Waals surface area (Å²) in [4.78, 5) is 24.7. The maximum Gasteiger partial charge on any atom is 0.223 e. The van der Waals surface area contributed by atoms with Crippen molar-refractivity contribution in [1.82, 2.24) is 4.90 Å². The average Bonchev–Trinajstić information content (AvgIpc) is 2.91. The number of carboxylic acids is 1. The molecule has 0 aromatic heterocycles. The monoisotopic (exact) mass is 312 g/mol. The van der Waals surface area contributed by atoms with E-state index >= 15 is 0 Å². The lowest BCUT2D eigenvalue weighted by molar-refractivity contribution is -0.311. The van der Waals surface area contributed by atoms with E-state index in [1.54, 1.807) is 4.90 Å². The Labute approximate surface area is 134 Å². The number of carboxylic acid groups (broad SMARTS) is 1. The number of likely N-dealkylation sites (tertiary alicyclic amines) is 1. The highest BCUT2D eigenvalue weighted by Gasteiger charge is 2.31. The molecule has 0 unspecified atom stereocenters. The van der Waals surface area contributed by atoms with Crippen LogP contribution in [-0.2, 0) is 16.1 Å². The zero-order valence-corrected chi connectivity index (χ0v) is 13.0. The Morgan fingerprint density at radius 3 is 2.78 bits per heavy atom. The molecule has 0 aliphatic carbocycles. The molecule has 23 heavy (non-hydrogen) atoms. The van der Waals surface area contributed by atoms with E-state index in [-0.39, 0.29) is 18.9 Å².